The van der Waals surface area contributed by atoms with E-state index in [2.05, 4.69) is 4.98 Å². The molecule has 2 rings (SSSR count). The van der Waals surface area contributed by atoms with Crippen LogP contribution in [0.3, 0.4) is 0 Å². The fourth-order valence-corrected chi connectivity index (χ4v) is 2.07. The van der Waals surface area contributed by atoms with E-state index in [1.54, 1.807) is 19.2 Å². The van der Waals surface area contributed by atoms with E-state index in [4.69, 9.17) is 38.1 Å². The number of benzene rings is 1. The minimum Gasteiger partial charge on any atom is -0.439 e. The van der Waals surface area contributed by atoms with E-state index in [9.17, 15) is 0 Å². The molecule has 1 heterocycles. The molecule has 1 atom stereocenters. The van der Waals surface area contributed by atoms with Gasteiger partial charge in [0.05, 0.1) is 17.5 Å². The molecule has 0 aliphatic heterocycles. The zero-order valence-electron chi connectivity index (χ0n) is 9.24. The number of oxazole rings is 1. The van der Waals surface area contributed by atoms with Gasteiger partial charge in [-0.05, 0) is 12.1 Å². The fourth-order valence-electron chi connectivity index (χ4n) is 1.55. The van der Waals surface area contributed by atoms with E-state index in [0.29, 0.717) is 40.0 Å². The van der Waals surface area contributed by atoms with E-state index >= 15 is 0 Å². The number of hydrogen-bond acceptors (Lipinski definition) is 4. The molecule has 0 saturated heterocycles. The van der Waals surface area contributed by atoms with Gasteiger partial charge in [0.15, 0.2) is 11.5 Å². The van der Waals surface area contributed by atoms with Crippen molar-refractivity contribution in [3.8, 4) is 0 Å². The number of fused-ring (bicyclic) bond motifs is 1. The predicted molar refractivity (Wildman–Crippen MR) is 67.6 cm³/mol. The second-order valence-corrected chi connectivity index (χ2v) is 4.48. The third-order valence-electron chi connectivity index (χ3n) is 2.45. The van der Waals surface area contributed by atoms with Gasteiger partial charge in [0, 0.05) is 18.7 Å². The second-order valence-electron chi connectivity index (χ2n) is 3.64. The molecule has 0 amide bonds. The quantitative estimate of drug-likeness (QED) is 0.931. The number of nitrogens with zero attached hydrogens (tertiary/aromatic N) is 1. The molecule has 0 aliphatic carbocycles. The third kappa shape index (κ3) is 2.72. The molecule has 1 aromatic carbocycles. The molecule has 2 aromatic rings. The van der Waals surface area contributed by atoms with E-state index in [1.165, 1.54) is 0 Å². The van der Waals surface area contributed by atoms with Crippen LogP contribution in [0.4, 0.5) is 0 Å². The Bertz CT molecular complexity index is 523. The Morgan fingerprint density at radius 3 is 2.88 bits per heavy atom. The minimum atomic E-state index is -0.114. The number of hydrogen-bond donors (Lipinski definition) is 1. The van der Waals surface area contributed by atoms with Crippen LogP contribution in [0.25, 0.3) is 11.1 Å². The normalized spacial score (nSPS) is 13.2. The van der Waals surface area contributed by atoms with Crippen molar-refractivity contribution in [1.29, 1.82) is 0 Å². The van der Waals surface area contributed by atoms with Gasteiger partial charge in [0.2, 0.25) is 0 Å². The summed E-state index contributed by atoms with van der Waals surface area (Å²) in [5.74, 6) is 0.543. The van der Waals surface area contributed by atoms with Crippen molar-refractivity contribution in [2.45, 2.75) is 12.5 Å². The molecule has 0 fully saturated rings. The summed E-state index contributed by atoms with van der Waals surface area (Å²) in [6.07, 6.45) is 0.396. The summed E-state index contributed by atoms with van der Waals surface area (Å²) >= 11 is 11.9. The van der Waals surface area contributed by atoms with Crippen LogP contribution in [-0.4, -0.2) is 24.7 Å². The summed E-state index contributed by atoms with van der Waals surface area (Å²) in [6, 6.07) is 3.33. The fraction of sp³-hybridized carbons (Fsp3) is 0.364. The van der Waals surface area contributed by atoms with Crippen molar-refractivity contribution in [2.75, 3.05) is 13.7 Å². The van der Waals surface area contributed by atoms with Crippen molar-refractivity contribution in [2.24, 2.45) is 5.73 Å². The monoisotopic (exact) mass is 274 g/mol. The van der Waals surface area contributed by atoms with Crippen molar-refractivity contribution >= 4 is 34.3 Å². The highest BCUT2D eigenvalue weighted by molar-refractivity contribution is 6.37. The van der Waals surface area contributed by atoms with E-state index in [-0.39, 0.29) is 6.10 Å². The van der Waals surface area contributed by atoms with E-state index < -0.39 is 0 Å². The predicted octanol–water partition coefficient (Wildman–Crippen LogP) is 2.65. The lowest BCUT2D eigenvalue weighted by molar-refractivity contribution is 0.104. The van der Waals surface area contributed by atoms with Crippen LogP contribution >= 0.6 is 23.2 Å². The van der Waals surface area contributed by atoms with Gasteiger partial charge in [-0.25, -0.2) is 4.98 Å². The number of ether oxygens (including phenoxy) is 1. The highest BCUT2D eigenvalue weighted by Crippen LogP contribution is 2.28. The molecule has 2 N–H and O–H groups in total. The van der Waals surface area contributed by atoms with Gasteiger partial charge in [-0.3, -0.25) is 0 Å². The molecule has 1 unspecified atom stereocenters. The van der Waals surface area contributed by atoms with Gasteiger partial charge in [-0.1, -0.05) is 23.2 Å². The molecule has 0 spiro atoms. The standard InChI is InChI=1S/C11H12Cl2N2O2/c1-16-7(5-14)4-10-15-9-3-6(12)2-8(13)11(9)17-10/h2-3,7H,4-5,14H2,1H3. The smallest absolute Gasteiger partial charge is 0.198 e. The van der Waals surface area contributed by atoms with Crippen molar-refractivity contribution < 1.29 is 9.15 Å². The first-order valence-electron chi connectivity index (χ1n) is 5.11. The van der Waals surface area contributed by atoms with Crippen LogP contribution in [0.2, 0.25) is 10.0 Å². The average Bonchev–Trinajstić information content (AvgIpc) is 2.68. The molecule has 0 saturated carbocycles. The topological polar surface area (TPSA) is 61.3 Å². The molecule has 4 nitrogen and oxygen atoms in total. The molecular formula is C11H12Cl2N2O2. The van der Waals surface area contributed by atoms with Crippen molar-refractivity contribution in [1.82, 2.24) is 4.98 Å². The first-order chi connectivity index (χ1) is 8.13. The summed E-state index contributed by atoms with van der Waals surface area (Å²) in [5.41, 5.74) is 6.72. The molecule has 6 heteroatoms. The molecular weight excluding hydrogens is 263 g/mol. The van der Waals surface area contributed by atoms with Gasteiger partial charge < -0.3 is 14.9 Å². The van der Waals surface area contributed by atoms with Gasteiger partial charge in [0.25, 0.3) is 0 Å². The Morgan fingerprint density at radius 1 is 1.47 bits per heavy atom. The Morgan fingerprint density at radius 2 is 2.24 bits per heavy atom. The largest absolute Gasteiger partial charge is 0.439 e. The van der Waals surface area contributed by atoms with Gasteiger partial charge in [-0.2, -0.15) is 0 Å². The van der Waals surface area contributed by atoms with Crippen LogP contribution in [-0.2, 0) is 11.2 Å². The molecule has 92 valence electrons. The average molecular weight is 275 g/mol. The number of rotatable bonds is 4. The van der Waals surface area contributed by atoms with Gasteiger partial charge in [0.1, 0.15) is 5.52 Å². The summed E-state index contributed by atoms with van der Waals surface area (Å²) in [6.45, 7) is 0.406. The van der Waals surface area contributed by atoms with E-state index in [0.717, 1.165) is 0 Å². The van der Waals surface area contributed by atoms with Crippen LogP contribution < -0.4 is 5.73 Å². The Hall–Kier alpha value is -0.810. The molecule has 0 aliphatic rings. The summed E-state index contributed by atoms with van der Waals surface area (Å²) in [5, 5.41) is 0.984. The van der Waals surface area contributed by atoms with Crippen molar-refractivity contribution in [3.05, 3.63) is 28.1 Å². The molecule has 0 radical (unpaired) electrons. The molecule has 17 heavy (non-hydrogen) atoms. The van der Waals surface area contributed by atoms with Gasteiger partial charge in [-0.15, -0.1) is 0 Å². The van der Waals surface area contributed by atoms with Crippen LogP contribution in [0.5, 0.6) is 0 Å². The second kappa shape index (κ2) is 5.23. The number of halogens is 2. The van der Waals surface area contributed by atoms with Gasteiger partial charge >= 0.3 is 0 Å². The SMILES string of the molecule is COC(CN)Cc1nc2cc(Cl)cc(Cl)c2o1. The lowest BCUT2D eigenvalue weighted by Gasteiger charge is -2.09. The lowest BCUT2D eigenvalue weighted by atomic mass is 10.2. The van der Waals surface area contributed by atoms with Crippen LogP contribution in [0.1, 0.15) is 5.89 Å². The zero-order chi connectivity index (χ0) is 12.4. The molecule has 1 aromatic heterocycles. The summed E-state index contributed by atoms with van der Waals surface area (Å²) < 4.78 is 10.7. The molecule has 0 bridgehead atoms. The first-order valence-corrected chi connectivity index (χ1v) is 5.87. The maximum absolute atomic E-state index is 6.01. The Labute approximate surface area is 109 Å². The van der Waals surface area contributed by atoms with Crippen molar-refractivity contribution in [3.63, 3.8) is 0 Å². The maximum atomic E-state index is 6.01. The first kappa shape index (κ1) is 12.6. The number of methoxy groups -OCH3 is 1. The minimum absolute atomic E-state index is 0.114. The maximum Gasteiger partial charge on any atom is 0.198 e. The van der Waals surface area contributed by atoms with E-state index in [1.807, 2.05) is 0 Å². The number of aromatic nitrogens is 1. The summed E-state index contributed by atoms with van der Waals surface area (Å²) in [4.78, 5) is 4.30. The van der Waals surface area contributed by atoms with Crippen LogP contribution in [0, 0.1) is 0 Å². The Balaban J connectivity index is 2.34. The Kier molecular flexibility index (Phi) is 3.89. The number of nitrogens with two attached hydrogens (primary N) is 1. The summed E-state index contributed by atoms with van der Waals surface area (Å²) in [7, 11) is 1.60. The van der Waals surface area contributed by atoms with Crippen LogP contribution in [0.15, 0.2) is 16.5 Å². The highest BCUT2D eigenvalue weighted by Gasteiger charge is 2.14. The lowest BCUT2D eigenvalue weighted by Crippen LogP contribution is -2.24. The highest BCUT2D eigenvalue weighted by atomic mass is 35.5. The third-order valence-corrected chi connectivity index (χ3v) is 2.95. The zero-order valence-corrected chi connectivity index (χ0v) is 10.8.